The second-order valence-corrected chi connectivity index (χ2v) is 5.73. The molecule has 106 valence electrons. The molecule has 0 bridgehead atoms. The third-order valence-electron chi connectivity index (χ3n) is 3.27. The number of halogens is 1. The van der Waals surface area contributed by atoms with E-state index in [2.05, 4.69) is 21.4 Å². The van der Waals surface area contributed by atoms with Gasteiger partial charge in [-0.05, 0) is 35.4 Å². The summed E-state index contributed by atoms with van der Waals surface area (Å²) in [6.45, 7) is 0.686. The van der Waals surface area contributed by atoms with E-state index in [1.54, 1.807) is 6.20 Å². The SMILES string of the molecule is S=C(Cc1cccc(Cl)c1)NCc1c[nH]c2ncccc12. The van der Waals surface area contributed by atoms with Crippen molar-refractivity contribution in [1.82, 2.24) is 15.3 Å². The van der Waals surface area contributed by atoms with Crippen molar-refractivity contribution in [3.63, 3.8) is 0 Å². The number of aromatic amines is 1. The molecular weight excluding hydrogens is 302 g/mol. The zero-order valence-corrected chi connectivity index (χ0v) is 12.8. The third-order valence-corrected chi connectivity index (χ3v) is 3.79. The number of fused-ring (bicyclic) bond motifs is 1. The molecule has 5 heteroatoms. The van der Waals surface area contributed by atoms with Crippen LogP contribution < -0.4 is 5.32 Å². The predicted molar refractivity (Wildman–Crippen MR) is 90.7 cm³/mol. The molecule has 0 aliphatic carbocycles. The number of nitrogens with one attached hydrogen (secondary N) is 2. The number of hydrogen-bond donors (Lipinski definition) is 2. The molecule has 2 heterocycles. The maximum absolute atomic E-state index is 5.98. The maximum atomic E-state index is 5.98. The first-order valence-electron chi connectivity index (χ1n) is 6.64. The molecule has 21 heavy (non-hydrogen) atoms. The molecule has 2 N–H and O–H groups in total. The van der Waals surface area contributed by atoms with E-state index < -0.39 is 0 Å². The van der Waals surface area contributed by atoms with Crippen LogP contribution in [-0.2, 0) is 13.0 Å². The first-order valence-corrected chi connectivity index (χ1v) is 7.43. The second kappa shape index (κ2) is 6.24. The number of aromatic nitrogens is 2. The molecule has 2 aromatic heterocycles. The average Bonchev–Trinajstić information content (AvgIpc) is 2.88. The smallest absolute Gasteiger partial charge is 0.137 e. The molecule has 0 radical (unpaired) electrons. The molecule has 0 saturated carbocycles. The Morgan fingerprint density at radius 2 is 2.19 bits per heavy atom. The van der Waals surface area contributed by atoms with Crippen molar-refractivity contribution in [2.75, 3.05) is 0 Å². The molecule has 0 unspecified atom stereocenters. The Morgan fingerprint density at radius 3 is 3.05 bits per heavy atom. The summed E-state index contributed by atoms with van der Waals surface area (Å²) >= 11 is 11.4. The molecule has 3 rings (SSSR count). The summed E-state index contributed by atoms with van der Waals surface area (Å²) in [5.74, 6) is 0. The van der Waals surface area contributed by atoms with Gasteiger partial charge in [0, 0.05) is 35.8 Å². The molecule has 0 aliphatic rings. The second-order valence-electron chi connectivity index (χ2n) is 4.80. The Balaban J connectivity index is 1.63. The van der Waals surface area contributed by atoms with Crippen molar-refractivity contribution in [1.29, 1.82) is 0 Å². The summed E-state index contributed by atoms with van der Waals surface area (Å²) in [7, 11) is 0. The van der Waals surface area contributed by atoms with Crippen LogP contribution in [0.3, 0.4) is 0 Å². The Kier molecular flexibility index (Phi) is 4.18. The van der Waals surface area contributed by atoms with Gasteiger partial charge in [-0.3, -0.25) is 0 Å². The summed E-state index contributed by atoms with van der Waals surface area (Å²) in [4.78, 5) is 8.23. The first-order chi connectivity index (χ1) is 10.2. The lowest BCUT2D eigenvalue weighted by Gasteiger charge is -2.07. The molecule has 1 aromatic carbocycles. The summed E-state index contributed by atoms with van der Waals surface area (Å²) in [6.07, 6.45) is 4.43. The van der Waals surface area contributed by atoms with Crippen LogP contribution in [0.15, 0.2) is 48.8 Å². The van der Waals surface area contributed by atoms with Crippen LogP contribution in [-0.4, -0.2) is 15.0 Å². The van der Waals surface area contributed by atoms with Gasteiger partial charge in [0.2, 0.25) is 0 Å². The van der Waals surface area contributed by atoms with Crippen molar-refractivity contribution >= 4 is 39.8 Å². The van der Waals surface area contributed by atoms with Gasteiger partial charge in [-0.15, -0.1) is 0 Å². The lowest BCUT2D eigenvalue weighted by Crippen LogP contribution is -2.22. The van der Waals surface area contributed by atoms with Gasteiger partial charge in [-0.1, -0.05) is 36.0 Å². The van der Waals surface area contributed by atoms with Gasteiger partial charge in [0.1, 0.15) is 5.65 Å². The Morgan fingerprint density at radius 1 is 1.29 bits per heavy atom. The fourth-order valence-electron chi connectivity index (χ4n) is 2.25. The Labute approximate surface area is 133 Å². The van der Waals surface area contributed by atoms with Gasteiger partial charge in [0.05, 0.1) is 4.99 Å². The molecule has 3 aromatic rings. The van der Waals surface area contributed by atoms with E-state index in [9.17, 15) is 0 Å². The van der Waals surface area contributed by atoms with E-state index in [4.69, 9.17) is 23.8 Å². The number of hydrogen-bond acceptors (Lipinski definition) is 2. The van der Waals surface area contributed by atoms with Crippen molar-refractivity contribution in [3.05, 3.63) is 64.9 Å². The van der Waals surface area contributed by atoms with Crippen LogP contribution >= 0.6 is 23.8 Å². The number of rotatable bonds is 4. The van der Waals surface area contributed by atoms with Crippen molar-refractivity contribution in [2.24, 2.45) is 0 Å². The van der Waals surface area contributed by atoms with Gasteiger partial charge in [-0.25, -0.2) is 4.98 Å². The lowest BCUT2D eigenvalue weighted by atomic mass is 10.1. The minimum atomic E-state index is 0.686. The normalized spacial score (nSPS) is 10.7. The number of pyridine rings is 1. The van der Waals surface area contributed by atoms with E-state index in [1.807, 2.05) is 36.5 Å². The first kappa shape index (κ1) is 14.0. The molecule has 0 fully saturated rings. The van der Waals surface area contributed by atoms with Gasteiger partial charge < -0.3 is 10.3 Å². The Hall–Kier alpha value is -1.91. The molecule has 0 spiro atoms. The molecule has 0 saturated heterocycles. The molecule has 0 amide bonds. The van der Waals surface area contributed by atoms with Crippen LogP contribution in [0.1, 0.15) is 11.1 Å². The van der Waals surface area contributed by atoms with E-state index >= 15 is 0 Å². The molecular formula is C16H14ClN3S. The lowest BCUT2D eigenvalue weighted by molar-refractivity contribution is 0.919. The summed E-state index contributed by atoms with van der Waals surface area (Å²) < 4.78 is 0. The highest BCUT2D eigenvalue weighted by Gasteiger charge is 2.05. The van der Waals surface area contributed by atoms with Crippen LogP contribution in [0.25, 0.3) is 11.0 Å². The van der Waals surface area contributed by atoms with Gasteiger partial charge in [0.15, 0.2) is 0 Å². The topological polar surface area (TPSA) is 40.7 Å². The zero-order valence-electron chi connectivity index (χ0n) is 11.3. The minimum absolute atomic E-state index is 0.686. The number of thiocarbonyl (C=S) groups is 1. The van der Waals surface area contributed by atoms with Crippen molar-refractivity contribution in [3.8, 4) is 0 Å². The fourth-order valence-corrected chi connectivity index (χ4v) is 2.70. The van der Waals surface area contributed by atoms with Crippen molar-refractivity contribution in [2.45, 2.75) is 13.0 Å². The predicted octanol–water partition coefficient (Wildman–Crippen LogP) is 3.88. The number of nitrogens with zero attached hydrogens (tertiary/aromatic N) is 1. The van der Waals surface area contributed by atoms with E-state index in [0.717, 1.165) is 32.2 Å². The average molecular weight is 316 g/mol. The zero-order chi connectivity index (χ0) is 14.7. The molecule has 0 atom stereocenters. The van der Waals surface area contributed by atoms with E-state index in [1.165, 1.54) is 0 Å². The standard InChI is InChI=1S/C16H14ClN3S/c17-13-4-1-3-11(7-13)8-15(21)19-9-12-10-20-16-14(12)5-2-6-18-16/h1-7,10H,8-9H2,(H,18,20)(H,19,21). The van der Waals surface area contributed by atoms with Gasteiger partial charge >= 0.3 is 0 Å². The van der Waals surface area contributed by atoms with Crippen LogP contribution in [0, 0.1) is 0 Å². The Bertz CT molecular complexity index is 782. The fraction of sp³-hybridized carbons (Fsp3) is 0.125. The number of H-pyrrole nitrogens is 1. The molecule has 3 nitrogen and oxygen atoms in total. The quantitative estimate of drug-likeness (QED) is 0.718. The van der Waals surface area contributed by atoms with E-state index in [-0.39, 0.29) is 0 Å². The molecule has 0 aliphatic heterocycles. The van der Waals surface area contributed by atoms with Crippen LogP contribution in [0.2, 0.25) is 5.02 Å². The van der Waals surface area contributed by atoms with Crippen LogP contribution in [0.5, 0.6) is 0 Å². The van der Waals surface area contributed by atoms with Crippen molar-refractivity contribution < 1.29 is 0 Å². The minimum Gasteiger partial charge on any atom is -0.375 e. The monoisotopic (exact) mass is 315 g/mol. The summed E-state index contributed by atoms with van der Waals surface area (Å²) in [5.41, 5.74) is 3.17. The highest BCUT2D eigenvalue weighted by molar-refractivity contribution is 7.80. The van der Waals surface area contributed by atoms with Crippen LogP contribution in [0.4, 0.5) is 0 Å². The number of benzene rings is 1. The van der Waals surface area contributed by atoms with Gasteiger partial charge in [0.25, 0.3) is 0 Å². The van der Waals surface area contributed by atoms with Gasteiger partial charge in [-0.2, -0.15) is 0 Å². The van der Waals surface area contributed by atoms with E-state index in [0.29, 0.717) is 13.0 Å². The largest absolute Gasteiger partial charge is 0.375 e. The summed E-state index contributed by atoms with van der Waals surface area (Å²) in [6, 6.07) is 11.7. The highest BCUT2D eigenvalue weighted by Crippen LogP contribution is 2.15. The highest BCUT2D eigenvalue weighted by atomic mass is 35.5. The summed E-state index contributed by atoms with van der Waals surface area (Å²) in [5, 5.41) is 5.14. The maximum Gasteiger partial charge on any atom is 0.137 e. The third kappa shape index (κ3) is 3.40.